The molecule has 0 unspecified atom stereocenters. The molecule has 0 aromatic heterocycles. The Bertz CT molecular complexity index is 664. The van der Waals surface area contributed by atoms with Gasteiger partial charge < -0.3 is 4.74 Å². The predicted octanol–water partition coefficient (Wildman–Crippen LogP) is 6.05. The average Bonchev–Trinajstić information content (AvgIpc) is 2.33. The van der Waals surface area contributed by atoms with Crippen LogP contribution in [-0.2, 0) is 0 Å². The van der Waals surface area contributed by atoms with E-state index in [2.05, 4.69) is 31.9 Å². The fourth-order valence-electron chi connectivity index (χ4n) is 1.62. The Morgan fingerprint density at radius 3 is 2.45 bits per heavy atom. The van der Waals surface area contributed by atoms with Gasteiger partial charge in [0.15, 0.2) is 0 Å². The quantitative estimate of drug-likeness (QED) is 0.421. The van der Waals surface area contributed by atoms with E-state index in [9.17, 15) is 4.79 Å². The van der Waals surface area contributed by atoms with E-state index >= 15 is 0 Å². The maximum atomic E-state index is 12.2. The minimum atomic E-state index is -0.530. The van der Waals surface area contributed by atoms with Crippen LogP contribution in [0.5, 0.6) is 5.75 Å². The molecule has 0 fully saturated rings. The number of rotatable bonds is 2. The van der Waals surface area contributed by atoms with Gasteiger partial charge in [0.25, 0.3) is 0 Å². The summed E-state index contributed by atoms with van der Waals surface area (Å²) in [5.41, 5.74) is 1.09. The first-order chi connectivity index (χ1) is 9.38. The van der Waals surface area contributed by atoms with E-state index in [1.165, 1.54) is 12.1 Å². The van der Waals surface area contributed by atoms with Gasteiger partial charge in [-0.1, -0.05) is 39.1 Å². The third kappa shape index (κ3) is 3.55. The van der Waals surface area contributed by atoms with Crippen LogP contribution in [0.25, 0.3) is 0 Å². The van der Waals surface area contributed by atoms with Gasteiger partial charge in [-0.05, 0) is 58.7 Å². The van der Waals surface area contributed by atoms with E-state index in [1.807, 2.05) is 13.0 Å². The molecular formula is C14H8Br2Cl2O2. The lowest BCUT2D eigenvalue weighted by Crippen LogP contribution is -2.10. The van der Waals surface area contributed by atoms with Crippen molar-refractivity contribution in [1.82, 2.24) is 0 Å². The maximum Gasteiger partial charge on any atom is 0.345 e. The molecule has 0 aliphatic carbocycles. The number of aryl methyl sites for hydroxylation is 1. The molecule has 0 aliphatic rings. The number of esters is 1. The Hall–Kier alpha value is -0.550. The predicted molar refractivity (Wildman–Crippen MR) is 88.0 cm³/mol. The molecule has 0 atom stereocenters. The minimum absolute atomic E-state index is 0.258. The molecule has 2 nitrogen and oxygen atoms in total. The summed E-state index contributed by atoms with van der Waals surface area (Å²) in [6.45, 7) is 1.85. The molecule has 0 saturated carbocycles. The van der Waals surface area contributed by atoms with E-state index in [-0.39, 0.29) is 10.6 Å². The van der Waals surface area contributed by atoms with Crippen molar-refractivity contribution in [2.75, 3.05) is 0 Å². The van der Waals surface area contributed by atoms with E-state index in [0.717, 1.165) is 10.0 Å². The van der Waals surface area contributed by atoms with Crippen molar-refractivity contribution < 1.29 is 9.53 Å². The highest BCUT2D eigenvalue weighted by Crippen LogP contribution is 2.33. The highest BCUT2D eigenvalue weighted by Gasteiger charge is 2.16. The van der Waals surface area contributed by atoms with Gasteiger partial charge in [0.1, 0.15) is 5.75 Å². The van der Waals surface area contributed by atoms with Gasteiger partial charge in [0.05, 0.1) is 15.1 Å². The molecule has 0 heterocycles. The molecule has 0 spiro atoms. The highest BCUT2D eigenvalue weighted by molar-refractivity contribution is 9.11. The van der Waals surface area contributed by atoms with E-state index in [0.29, 0.717) is 15.2 Å². The SMILES string of the molecule is Cc1cc(Br)cc(Br)c1OC(=O)c1ccc(Cl)cc1Cl. The van der Waals surface area contributed by atoms with Crippen LogP contribution in [0, 0.1) is 6.92 Å². The zero-order valence-corrected chi connectivity index (χ0v) is 14.9. The first-order valence-electron chi connectivity index (χ1n) is 5.51. The molecule has 0 N–H and O–H groups in total. The van der Waals surface area contributed by atoms with E-state index in [4.69, 9.17) is 27.9 Å². The summed E-state index contributed by atoms with van der Waals surface area (Å²) in [5.74, 6) is -0.0676. The molecule has 20 heavy (non-hydrogen) atoms. The van der Waals surface area contributed by atoms with Gasteiger partial charge >= 0.3 is 5.97 Å². The number of benzene rings is 2. The summed E-state index contributed by atoms with van der Waals surface area (Å²) in [4.78, 5) is 12.2. The summed E-state index contributed by atoms with van der Waals surface area (Å²) in [6.07, 6.45) is 0. The smallest absolute Gasteiger partial charge is 0.345 e. The molecule has 6 heteroatoms. The summed E-state index contributed by atoms with van der Waals surface area (Å²) >= 11 is 18.5. The van der Waals surface area contributed by atoms with Gasteiger partial charge in [-0.2, -0.15) is 0 Å². The van der Waals surface area contributed by atoms with Crippen LogP contribution in [-0.4, -0.2) is 5.97 Å². The molecule has 104 valence electrons. The van der Waals surface area contributed by atoms with Gasteiger partial charge in [-0.15, -0.1) is 0 Å². The van der Waals surface area contributed by atoms with E-state index in [1.54, 1.807) is 12.1 Å². The molecular weight excluding hydrogens is 431 g/mol. The lowest BCUT2D eigenvalue weighted by Gasteiger charge is -2.11. The third-order valence-electron chi connectivity index (χ3n) is 2.54. The van der Waals surface area contributed by atoms with Crippen LogP contribution in [0.15, 0.2) is 39.3 Å². The van der Waals surface area contributed by atoms with Crippen molar-refractivity contribution in [3.05, 3.63) is 60.4 Å². The largest absolute Gasteiger partial charge is 0.421 e. The first kappa shape index (κ1) is 15.8. The second kappa shape index (κ2) is 6.48. The fraction of sp³-hybridized carbons (Fsp3) is 0.0714. The van der Waals surface area contributed by atoms with Crippen molar-refractivity contribution in [1.29, 1.82) is 0 Å². The number of ether oxygens (including phenoxy) is 1. The Labute approximate surface area is 143 Å². The lowest BCUT2D eigenvalue weighted by atomic mass is 10.2. The number of hydrogen-bond acceptors (Lipinski definition) is 2. The normalized spacial score (nSPS) is 10.4. The number of halogens is 4. The van der Waals surface area contributed by atoms with Crippen molar-refractivity contribution >= 4 is 61.0 Å². The van der Waals surface area contributed by atoms with Crippen molar-refractivity contribution in [2.45, 2.75) is 6.92 Å². The lowest BCUT2D eigenvalue weighted by molar-refractivity contribution is 0.0732. The molecule has 0 aliphatic heterocycles. The van der Waals surface area contributed by atoms with Crippen LogP contribution in [0.4, 0.5) is 0 Å². The van der Waals surface area contributed by atoms with Crippen LogP contribution < -0.4 is 4.74 Å². The zero-order valence-electron chi connectivity index (χ0n) is 10.2. The van der Waals surface area contributed by atoms with Crippen molar-refractivity contribution in [2.24, 2.45) is 0 Å². The van der Waals surface area contributed by atoms with Gasteiger partial charge in [0.2, 0.25) is 0 Å². The second-order valence-corrected chi connectivity index (χ2v) is 6.66. The van der Waals surface area contributed by atoms with Gasteiger partial charge in [-0.3, -0.25) is 0 Å². The van der Waals surface area contributed by atoms with Crippen molar-refractivity contribution in [3.63, 3.8) is 0 Å². The summed E-state index contributed by atoms with van der Waals surface area (Å²) in [5, 5.41) is 0.723. The van der Waals surface area contributed by atoms with Crippen molar-refractivity contribution in [3.8, 4) is 5.75 Å². The van der Waals surface area contributed by atoms with Crippen LogP contribution in [0.2, 0.25) is 10.0 Å². The fourth-order valence-corrected chi connectivity index (χ4v) is 3.63. The Morgan fingerprint density at radius 2 is 1.85 bits per heavy atom. The summed E-state index contributed by atoms with van der Waals surface area (Å²) < 4.78 is 6.98. The highest BCUT2D eigenvalue weighted by atomic mass is 79.9. The van der Waals surface area contributed by atoms with Crippen LogP contribution in [0.3, 0.4) is 0 Å². The monoisotopic (exact) mass is 436 g/mol. The molecule has 0 radical (unpaired) electrons. The summed E-state index contributed by atoms with van der Waals surface area (Å²) in [7, 11) is 0. The maximum absolute atomic E-state index is 12.2. The van der Waals surface area contributed by atoms with Gasteiger partial charge in [-0.25, -0.2) is 4.79 Å². The number of carbonyl (C=O) groups excluding carboxylic acids is 1. The zero-order chi connectivity index (χ0) is 14.9. The molecule has 0 amide bonds. The van der Waals surface area contributed by atoms with Gasteiger partial charge in [0, 0.05) is 9.50 Å². The Morgan fingerprint density at radius 1 is 1.15 bits per heavy atom. The molecule has 0 bridgehead atoms. The van der Waals surface area contributed by atoms with E-state index < -0.39 is 5.97 Å². The standard InChI is InChI=1S/C14H8Br2Cl2O2/c1-7-4-8(15)5-11(16)13(7)20-14(19)10-3-2-9(17)6-12(10)18/h2-6H,1H3. The Kier molecular flexibility index (Phi) is 5.13. The Balaban J connectivity index is 2.33. The molecule has 0 saturated heterocycles. The number of carbonyl (C=O) groups is 1. The molecule has 2 aromatic carbocycles. The van der Waals surface area contributed by atoms with Crippen LogP contribution in [0.1, 0.15) is 15.9 Å². The minimum Gasteiger partial charge on any atom is -0.421 e. The first-order valence-corrected chi connectivity index (χ1v) is 7.85. The third-order valence-corrected chi connectivity index (χ3v) is 4.13. The molecule has 2 rings (SSSR count). The molecule has 2 aromatic rings. The summed E-state index contributed by atoms with van der Waals surface area (Å²) in [6, 6.07) is 8.29. The topological polar surface area (TPSA) is 26.3 Å². The number of hydrogen-bond donors (Lipinski definition) is 0. The van der Waals surface area contributed by atoms with Crippen LogP contribution >= 0.6 is 55.1 Å². The second-order valence-electron chi connectivity index (χ2n) is 4.05. The average molecular weight is 439 g/mol.